The van der Waals surface area contributed by atoms with Gasteiger partial charge in [-0.3, -0.25) is 15.0 Å². The van der Waals surface area contributed by atoms with Crippen molar-refractivity contribution >= 4 is 6.21 Å². The van der Waals surface area contributed by atoms with E-state index in [0.29, 0.717) is 6.61 Å². The van der Waals surface area contributed by atoms with Crippen molar-refractivity contribution in [2.45, 2.75) is 57.0 Å². The number of hydrogen-bond acceptors (Lipinski definition) is 6. The number of aromatic amines is 1. The van der Waals surface area contributed by atoms with E-state index < -0.39 is 0 Å². The minimum absolute atomic E-state index is 0.372. The van der Waals surface area contributed by atoms with E-state index in [-0.39, 0.29) is 5.54 Å². The first-order valence-corrected chi connectivity index (χ1v) is 10.3. The van der Waals surface area contributed by atoms with E-state index in [1.54, 1.807) is 4.85 Å². The van der Waals surface area contributed by atoms with Crippen molar-refractivity contribution < 1.29 is 4.84 Å². The van der Waals surface area contributed by atoms with Crippen LogP contribution in [0.25, 0.3) is 0 Å². The molecule has 1 fully saturated rings. The van der Waals surface area contributed by atoms with Gasteiger partial charge in [-0.05, 0) is 57.3 Å². The molecule has 0 spiro atoms. The van der Waals surface area contributed by atoms with Crippen molar-refractivity contribution in [1.82, 2.24) is 30.0 Å². The highest BCUT2D eigenvalue weighted by molar-refractivity contribution is 5.75. The Morgan fingerprint density at radius 3 is 2.86 bits per heavy atom. The maximum atomic E-state index is 5.76. The second-order valence-corrected chi connectivity index (χ2v) is 7.63. The van der Waals surface area contributed by atoms with Gasteiger partial charge in [0.1, 0.15) is 18.5 Å². The maximum Gasteiger partial charge on any atom is 0.156 e. The third-order valence-electron chi connectivity index (χ3n) is 5.48. The number of nitrogens with zero attached hydrogens (tertiary/aromatic N) is 6. The zero-order valence-corrected chi connectivity index (χ0v) is 16.3. The third-order valence-corrected chi connectivity index (χ3v) is 5.48. The fourth-order valence-corrected chi connectivity index (χ4v) is 3.94. The second-order valence-electron chi connectivity index (χ2n) is 7.63. The molecule has 8 heteroatoms. The molecule has 1 atom stereocenters. The van der Waals surface area contributed by atoms with Gasteiger partial charge in [-0.1, -0.05) is 12.8 Å². The summed E-state index contributed by atoms with van der Waals surface area (Å²) in [5.74, 6) is 0.812. The molecule has 4 rings (SSSR count). The van der Waals surface area contributed by atoms with E-state index in [4.69, 9.17) is 4.84 Å². The van der Waals surface area contributed by atoms with E-state index in [1.807, 2.05) is 24.7 Å². The van der Waals surface area contributed by atoms with Crippen molar-refractivity contribution in [3.05, 3.63) is 42.3 Å². The van der Waals surface area contributed by atoms with Gasteiger partial charge in [0.2, 0.25) is 0 Å². The number of aliphatic imine (C=N–C) groups is 1. The molecule has 4 heterocycles. The van der Waals surface area contributed by atoms with Gasteiger partial charge in [0, 0.05) is 18.3 Å². The van der Waals surface area contributed by atoms with Crippen molar-refractivity contribution in [1.29, 1.82) is 0 Å². The van der Waals surface area contributed by atoms with Gasteiger partial charge in [0.05, 0.1) is 12.4 Å². The van der Waals surface area contributed by atoms with Crippen LogP contribution in [0.4, 0.5) is 0 Å². The number of rotatable bonds is 10. The van der Waals surface area contributed by atoms with Crippen LogP contribution >= 0.6 is 0 Å². The number of likely N-dealkylation sites (tertiary alicyclic amines) is 1. The minimum atomic E-state index is -0.372. The van der Waals surface area contributed by atoms with Crippen molar-refractivity contribution in [3.63, 3.8) is 0 Å². The predicted molar refractivity (Wildman–Crippen MR) is 107 cm³/mol. The number of aromatic nitrogens is 5. The molecule has 2 aliphatic rings. The Morgan fingerprint density at radius 2 is 2.07 bits per heavy atom. The van der Waals surface area contributed by atoms with Crippen LogP contribution in [-0.2, 0) is 12.1 Å². The van der Waals surface area contributed by atoms with E-state index in [9.17, 15) is 0 Å². The lowest BCUT2D eigenvalue weighted by Crippen LogP contribution is -2.28. The highest BCUT2D eigenvalue weighted by atomic mass is 16.7. The van der Waals surface area contributed by atoms with Crippen LogP contribution < -0.4 is 4.84 Å². The molecule has 0 bridgehead atoms. The molecule has 0 saturated carbocycles. The fraction of sp³-hybridized carbons (Fsp3) is 0.600. The van der Waals surface area contributed by atoms with Crippen LogP contribution in [0.15, 0.2) is 35.9 Å². The van der Waals surface area contributed by atoms with Gasteiger partial charge in [0.25, 0.3) is 0 Å². The lowest BCUT2D eigenvalue weighted by Gasteiger charge is -2.25. The summed E-state index contributed by atoms with van der Waals surface area (Å²) in [6, 6.07) is 0. The number of nitrogens with one attached hydrogen (secondary N) is 1. The minimum Gasteiger partial charge on any atom is -0.397 e. The number of piperidine rings is 1. The van der Waals surface area contributed by atoms with Crippen LogP contribution in [0.5, 0.6) is 0 Å². The Labute approximate surface area is 165 Å². The molecule has 28 heavy (non-hydrogen) atoms. The zero-order chi connectivity index (χ0) is 19.1. The summed E-state index contributed by atoms with van der Waals surface area (Å²) in [6.45, 7) is 4.03. The quantitative estimate of drug-likeness (QED) is 0.637. The molecule has 2 aromatic heterocycles. The van der Waals surface area contributed by atoms with Gasteiger partial charge in [-0.25, -0.2) is 4.98 Å². The molecule has 0 amide bonds. The molecule has 1 saturated heterocycles. The Hall–Kier alpha value is -2.48. The van der Waals surface area contributed by atoms with Gasteiger partial charge in [-0.15, -0.1) is 9.94 Å². The van der Waals surface area contributed by atoms with E-state index in [2.05, 4.69) is 36.2 Å². The Morgan fingerprint density at radius 1 is 1.14 bits per heavy atom. The number of allylic oxidation sites excluding steroid dienone is 1. The molecule has 8 nitrogen and oxygen atoms in total. The van der Waals surface area contributed by atoms with Crippen LogP contribution in [0.2, 0.25) is 0 Å². The van der Waals surface area contributed by atoms with Crippen molar-refractivity contribution in [3.8, 4) is 0 Å². The van der Waals surface area contributed by atoms with Gasteiger partial charge in [0.15, 0.2) is 5.82 Å². The van der Waals surface area contributed by atoms with Gasteiger partial charge in [-0.2, -0.15) is 5.10 Å². The molecular weight excluding hydrogens is 354 g/mol. The van der Waals surface area contributed by atoms with Crippen molar-refractivity contribution in [2.75, 3.05) is 19.7 Å². The Bertz CT molecular complexity index is 762. The summed E-state index contributed by atoms with van der Waals surface area (Å²) in [5, 5.41) is 11.3. The van der Waals surface area contributed by atoms with E-state index in [1.165, 1.54) is 44.2 Å². The van der Waals surface area contributed by atoms with Gasteiger partial charge >= 0.3 is 0 Å². The number of unbranched alkanes of at least 4 members (excludes halogenated alkanes) is 2. The first-order valence-electron chi connectivity index (χ1n) is 10.3. The normalized spacial score (nSPS) is 22.1. The summed E-state index contributed by atoms with van der Waals surface area (Å²) < 4.78 is 0. The molecule has 2 aromatic rings. The monoisotopic (exact) mass is 383 g/mol. The second kappa shape index (κ2) is 9.14. The summed E-state index contributed by atoms with van der Waals surface area (Å²) in [4.78, 5) is 18.8. The lowest BCUT2D eigenvalue weighted by molar-refractivity contribution is 0.0787. The van der Waals surface area contributed by atoms with Crippen molar-refractivity contribution in [2.24, 2.45) is 4.99 Å². The van der Waals surface area contributed by atoms with Crippen LogP contribution in [0.1, 0.15) is 56.3 Å². The number of H-pyrrole nitrogens is 1. The maximum absolute atomic E-state index is 5.76. The molecule has 0 radical (unpaired) electrons. The average Bonchev–Trinajstić information content (AvgIpc) is 3.47. The lowest BCUT2D eigenvalue weighted by atomic mass is 9.92. The zero-order valence-electron chi connectivity index (χ0n) is 16.3. The number of hydrogen-bond donors (Lipinski definition) is 1. The molecule has 2 aliphatic heterocycles. The smallest absolute Gasteiger partial charge is 0.156 e. The first kappa shape index (κ1) is 18.9. The summed E-state index contributed by atoms with van der Waals surface area (Å²) >= 11 is 0. The summed E-state index contributed by atoms with van der Waals surface area (Å²) in [6.07, 6.45) is 19.4. The SMILES string of the molecule is C1=CC(CCCCCOn2cc(CN3CCCCC3)cn2)(c2ncn[nH]2)N=C1. The molecule has 150 valence electrons. The van der Waals surface area contributed by atoms with Crippen LogP contribution in [0, 0.1) is 0 Å². The van der Waals surface area contributed by atoms with Crippen LogP contribution in [-0.4, -0.2) is 55.9 Å². The summed E-state index contributed by atoms with van der Waals surface area (Å²) in [7, 11) is 0. The highest BCUT2D eigenvalue weighted by Gasteiger charge is 2.32. The molecule has 0 aliphatic carbocycles. The third kappa shape index (κ3) is 4.67. The Balaban J connectivity index is 1.15. The molecule has 0 aromatic carbocycles. The topological polar surface area (TPSA) is 84.2 Å². The largest absolute Gasteiger partial charge is 0.397 e. The fourth-order valence-electron chi connectivity index (χ4n) is 3.94. The summed E-state index contributed by atoms with van der Waals surface area (Å²) in [5.41, 5.74) is 0.852. The Kier molecular flexibility index (Phi) is 6.16. The molecular formula is C20H29N7O. The molecule has 1 N–H and O–H groups in total. The van der Waals surface area contributed by atoms with E-state index >= 15 is 0 Å². The highest BCUT2D eigenvalue weighted by Crippen LogP contribution is 2.32. The average molecular weight is 384 g/mol. The van der Waals surface area contributed by atoms with Crippen LogP contribution in [0.3, 0.4) is 0 Å². The first-order chi connectivity index (χ1) is 13.8. The van der Waals surface area contributed by atoms with E-state index in [0.717, 1.165) is 38.1 Å². The van der Waals surface area contributed by atoms with Gasteiger partial charge < -0.3 is 4.84 Å². The molecule has 1 unspecified atom stereocenters. The standard InChI is InChI=1S/C20H29N7O/c1(3-8-20(9-7-10-22-20)19-21-17-23-25-19)6-13-28-27-16-18(14-24-27)15-26-11-4-2-5-12-26/h7,9-10,14,16-17H,1-6,8,11-13,15H2,(H,21,23,25). The predicted octanol–water partition coefficient (Wildman–Crippen LogP) is 2.51.